The Hall–Kier alpha value is -2.97. The Morgan fingerprint density at radius 2 is 1.40 bits per heavy atom. The molecule has 0 aliphatic rings. The van der Waals surface area contributed by atoms with E-state index in [1.54, 1.807) is 6.07 Å². The number of carbonyl (C=O) groups excluding carboxylic acids is 2. The fourth-order valence-electron chi connectivity index (χ4n) is 1.58. The maximum absolute atomic E-state index is 13.6. The van der Waals surface area contributed by atoms with Crippen LogP contribution in [0.15, 0.2) is 30.3 Å². The molecule has 0 saturated carbocycles. The summed E-state index contributed by atoms with van der Waals surface area (Å²) in [5, 5.41) is 1.98. The van der Waals surface area contributed by atoms with Crippen LogP contribution < -0.4 is 10.1 Å². The number of rotatable bonds is 5. The summed E-state index contributed by atoms with van der Waals surface area (Å²) in [5.74, 6) is -18.8. The van der Waals surface area contributed by atoms with Crippen LogP contribution in [0, 0.1) is 29.1 Å². The number of nitrogens with one attached hydrogen (secondary N) is 1. The van der Waals surface area contributed by atoms with E-state index in [1.165, 1.54) is 24.3 Å². The van der Waals surface area contributed by atoms with Gasteiger partial charge in [-0.05, 0) is 12.1 Å². The molecule has 2 aromatic carbocycles. The molecule has 9 heteroatoms. The highest BCUT2D eigenvalue weighted by molar-refractivity contribution is 5.92. The van der Waals surface area contributed by atoms with Crippen molar-refractivity contribution < 1.29 is 41.8 Å². The predicted molar refractivity (Wildman–Crippen MR) is 76.2 cm³/mol. The number of carbonyl (C=O) groups is 2. The molecule has 0 aliphatic heterocycles. The molecule has 0 heterocycles. The van der Waals surface area contributed by atoms with Gasteiger partial charge in [-0.1, -0.05) is 18.2 Å². The van der Waals surface area contributed by atoms with E-state index < -0.39 is 59.5 Å². The average molecular weight is 363 g/mol. The second kappa shape index (κ2) is 7.73. The number of hydrogen-bond acceptors (Lipinski definition) is 3. The number of benzene rings is 2. The Morgan fingerprint density at radius 1 is 0.880 bits per heavy atom. The van der Waals surface area contributed by atoms with Crippen molar-refractivity contribution in [2.45, 2.75) is 12.7 Å². The number of ether oxygens (including phenoxy) is 1. The van der Waals surface area contributed by atoms with Gasteiger partial charge in [0.15, 0.2) is 0 Å². The first-order valence-electron chi connectivity index (χ1n) is 8.42. The molecular formula is C16H10F5NO3. The summed E-state index contributed by atoms with van der Waals surface area (Å²) < 4.78 is 101. The molecule has 0 bridgehead atoms. The van der Waals surface area contributed by atoms with Crippen molar-refractivity contribution in [1.29, 1.82) is 0 Å². The summed E-state index contributed by atoms with van der Waals surface area (Å²) in [6.45, 7) is 0. The van der Waals surface area contributed by atoms with Crippen LogP contribution in [0.2, 0.25) is 0 Å². The van der Waals surface area contributed by atoms with Crippen molar-refractivity contribution in [2.75, 3.05) is 5.32 Å². The van der Waals surface area contributed by atoms with Gasteiger partial charge in [0.05, 0.1) is 6.37 Å². The van der Waals surface area contributed by atoms with Crippen molar-refractivity contribution in [3.05, 3.63) is 59.4 Å². The molecule has 0 fully saturated rings. The first-order chi connectivity index (χ1) is 13.3. The Morgan fingerprint density at radius 3 is 1.96 bits per heavy atom. The van der Waals surface area contributed by atoms with E-state index in [9.17, 15) is 31.5 Å². The van der Waals surface area contributed by atoms with Gasteiger partial charge in [0.2, 0.25) is 40.7 Å². The van der Waals surface area contributed by atoms with Crippen molar-refractivity contribution in [3.8, 4) is 5.75 Å². The fraction of sp³-hybridized carbons (Fsp3) is 0.125. The highest BCUT2D eigenvalue weighted by Gasteiger charge is 2.28. The molecule has 0 saturated heterocycles. The molecular weight excluding hydrogens is 349 g/mol. The van der Waals surface area contributed by atoms with Gasteiger partial charge in [-0.2, -0.15) is 8.78 Å². The number of halogens is 5. The zero-order chi connectivity index (χ0) is 22.1. The predicted octanol–water partition coefficient (Wildman–Crippen LogP) is 3.71. The molecule has 0 aromatic heterocycles. The first-order valence-corrected chi connectivity index (χ1v) is 6.42. The second-order valence-corrected chi connectivity index (χ2v) is 4.36. The fourth-order valence-corrected chi connectivity index (χ4v) is 1.58. The minimum Gasteiger partial charge on any atom is -0.420 e. The van der Waals surface area contributed by atoms with Gasteiger partial charge < -0.3 is 10.1 Å². The van der Waals surface area contributed by atoms with Crippen LogP contribution in [0.25, 0.3) is 0 Å². The summed E-state index contributed by atoms with van der Waals surface area (Å²) in [5.41, 5.74) is 0.0327. The van der Waals surface area contributed by atoms with Crippen LogP contribution in [-0.2, 0) is 9.59 Å². The van der Waals surface area contributed by atoms with Gasteiger partial charge in [0, 0.05) is 17.5 Å². The molecule has 4 nitrogen and oxygen atoms in total. The van der Waals surface area contributed by atoms with Crippen molar-refractivity contribution in [3.63, 3.8) is 0 Å². The highest BCUT2D eigenvalue weighted by atomic mass is 19.2. The van der Waals surface area contributed by atoms with E-state index in [4.69, 9.17) is 5.48 Å². The van der Waals surface area contributed by atoms with E-state index in [1.807, 2.05) is 5.32 Å². The average Bonchev–Trinajstić information content (AvgIpc) is 2.68. The van der Waals surface area contributed by atoms with Crippen LogP contribution in [-0.4, -0.2) is 11.9 Å². The zero-order valence-electron chi connectivity index (χ0n) is 16.0. The lowest BCUT2D eigenvalue weighted by Crippen LogP contribution is -2.17. The molecule has 0 radical (unpaired) electrons. The lowest BCUT2D eigenvalue weighted by molar-refractivity contribution is -0.136. The monoisotopic (exact) mass is 363 g/mol. The molecule has 1 amide bonds. The summed E-state index contributed by atoms with van der Waals surface area (Å²) >= 11 is 0. The molecule has 132 valence electrons. The van der Waals surface area contributed by atoms with Crippen molar-refractivity contribution in [1.82, 2.24) is 0 Å². The standard InChI is InChI=1S/C16H10F5NO3/c17-11-12(18)14(20)16(15(21)13(11)19)25-10(24)7-6-9(23)22-8-4-2-1-3-5-8/h1-5H,6-7H2,(H,22,23)/i6D2,7D2. The molecule has 2 aromatic rings. The van der Waals surface area contributed by atoms with Gasteiger partial charge in [0.1, 0.15) is 0 Å². The third-order valence-corrected chi connectivity index (χ3v) is 2.67. The Kier molecular flexibility index (Phi) is 4.13. The highest BCUT2D eigenvalue weighted by Crippen LogP contribution is 2.29. The minimum absolute atomic E-state index is 0.0327. The Bertz CT molecular complexity index is 944. The number of amides is 1. The van der Waals surface area contributed by atoms with Gasteiger partial charge in [-0.25, -0.2) is 13.2 Å². The molecule has 0 aliphatic carbocycles. The first kappa shape index (κ1) is 13.3. The van der Waals surface area contributed by atoms with Gasteiger partial charge in [-0.15, -0.1) is 0 Å². The van der Waals surface area contributed by atoms with Crippen molar-refractivity contribution >= 4 is 17.6 Å². The third kappa shape index (κ3) is 4.31. The van der Waals surface area contributed by atoms with Gasteiger partial charge >= 0.3 is 5.97 Å². The minimum atomic E-state index is -3.88. The SMILES string of the molecule is [2H]C([2H])(C(=O)Nc1ccccc1)C([2H])([2H])C(=O)Oc1c(F)c(F)c(F)c(F)c1F. The van der Waals surface area contributed by atoms with Gasteiger partial charge in [0.25, 0.3) is 0 Å². The lowest BCUT2D eigenvalue weighted by atomic mass is 10.2. The summed E-state index contributed by atoms with van der Waals surface area (Å²) in [4.78, 5) is 24.0. The third-order valence-electron chi connectivity index (χ3n) is 2.67. The summed E-state index contributed by atoms with van der Waals surface area (Å²) in [6.07, 6.45) is -7.55. The molecule has 2 rings (SSSR count). The Balaban J connectivity index is 2.33. The maximum Gasteiger partial charge on any atom is 0.311 e. The van der Waals surface area contributed by atoms with Crippen LogP contribution >= 0.6 is 0 Å². The number of esters is 1. The van der Waals surface area contributed by atoms with Crippen LogP contribution in [0.3, 0.4) is 0 Å². The van der Waals surface area contributed by atoms with Crippen LogP contribution in [0.1, 0.15) is 18.2 Å². The van der Waals surface area contributed by atoms with E-state index in [2.05, 4.69) is 4.74 Å². The largest absolute Gasteiger partial charge is 0.420 e. The molecule has 0 atom stereocenters. The van der Waals surface area contributed by atoms with E-state index in [0.717, 1.165) is 0 Å². The molecule has 0 spiro atoms. The van der Waals surface area contributed by atoms with E-state index >= 15 is 0 Å². The van der Waals surface area contributed by atoms with Crippen molar-refractivity contribution in [2.24, 2.45) is 0 Å². The Labute approximate surface area is 143 Å². The quantitative estimate of drug-likeness (QED) is 0.290. The summed E-state index contributed by atoms with van der Waals surface area (Å²) in [7, 11) is 0. The normalized spacial score (nSPS) is 14.0. The van der Waals surface area contributed by atoms with E-state index in [0.29, 0.717) is 0 Å². The maximum atomic E-state index is 13.6. The topological polar surface area (TPSA) is 55.4 Å². The number of anilines is 1. The zero-order valence-corrected chi connectivity index (χ0v) is 12.0. The smallest absolute Gasteiger partial charge is 0.311 e. The molecule has 25 heavy (non-hydrogen) atoms. The van der Waals surface area contributed by atoms with Crippen LogP contribution in [0.4, 0.5) is 27.6 Å². The van der Waals surface area contributed by atoms with Crippen LogP contribution in [0.5, 0.6) is 5.75 Å². The lowest BCUT2D eigenvalue weighted by Gasteiger charge is -2.09. The second-order valence-electron chi connectivity index (χ2n) is 4.36. The number of para-hydroxylation sites is 1. The number of hydrogen-bond donors (Lipinski definition) is 1. The summed E-state index contributed by atoms with van der Waals surface area (Å²) in [6, 6.07) is 7.10. The molecule has 0 unspecified atom stereocenters. The van der Waals surface area contributed by atoms with E-state index in [-0.39, 0.29) is 5.69 Å². The molecule has 1 N–H and O–H groups in total. The van der Waals surface area contributed by atoms with Gasteiger partial charge in [-0.3, -0.25) is 9.59 Å².